The first-order valence-corrected chi connectivity index (χ1v) is 6.52. The topological polar surface area (TPSA) is 81.2 Å². The highest BCUT2D eigenvalue weighted by atomic mass is 35.5. The van der Waals surface area contributed by atoms with Gasteiger partial charge in [0.05, 0.1) is 6.61 Å². The van der Waals surface area contributed by atoms with Crippen LogP contribution in [-0.2, 0) is 15.1 Å². The van der Waals surface area contributed by atoms with Gasteiger partial charge in [0.1, 0.15) is 11.4 Å². The number of carbonyl (C=O) groups excluding carboxylic acids is 2. The maximum absolute atomic E-state index is 11.6. The fraction of sp³-hybridized carbons (Fsp3) is 0.500. The average molecular weight is 284 g/mol. The largest absolute Gasteiger partial charge is 0.461 e. The quantitative estimate of drug-likeness (QED) is 0.644. The van der Waals surface area contributed by atoms with E-state index in [1.54, 1.807) is 6.92 Å². The molecule has 0 radical (unpaired) electrons. The summed E-state index contributed by atoms with van der Waals surface area (Å²) in [6.45, 7) is 2.01. The number of rotatable bonds is 5. The van der Waals surface area contributed by atoms with Crippen molar-refractivity contribution < 1.29 is 14.3 Å². The smallest absolute Gasteiger partial charge is 0.357 e. The SMILES string of the molecule is CCOC(=O)c1ccnc(C2(NC(=O)CCl)CC2)n1. The van der Waals surface area contributed by atoms with Gasteiger partial charge in [-0.1, -0.05) is 0 Å². The van der Waals surface area contributed by atoms with E-state index in [0.717, 1.165) is 12.8 Å². The molecular formula is C12H14ClN3O3. The van der Waals surface area contributed by atoms with Crippen molar-refractivity contribution in [2.75, 3.05) is 12.5 Å². The Bertz CT molecular complexity index is 503. The van der Waals surface area contributed by atoms with E-state index < -0.39 is 11.5 Å². The van der Waals surface area contributed by atoms with Crippen molar-refractivity contribution >= 4 is 23.5 Å². The zero-order valence-corrected chi connectivity index (χ0v) is 11.2. The van der Waals surface area contributed by atoms with Crippen molar-refractivity contribution in [3.05, 3.63) is 23.8 Å². The zero-order valence-electron chi connectivity index (χ0n) is 10.5. The van der Waals surface area contributed by atoms with E-state index in [1.807, 2.05) is 0 Å². The molecule has 6 nitrogen and oxygen atoms in total. The lowest BCUT2D eigenvalue weighted by Gasteiger charge is -2.15. The minimum atomic E-state index is -0.575. The van der Waals surface area contributed by atoms with Crippen LogP contribution in [0.2, 0.25) is 0 Å². The summed E-state index contributed by atoms with van der Waals surface area (Å²) < 4.78 is 4.88. The molecule has 1 aliphatic rings. The molecular weight excluding hydrogens is 270 g/mol. The molecule has 2 rings (SSSR count). The lowest BCUT2D eigenvalue weighted by Crippen LogP contribution is -2.37. The molecule has 1 aliphatic carbocycles. The number of ether oxygens (including phenoxy) is 1. The Morgan fingerprint density at radius 3 is 2.84 bits per heavy atom. The zero-order chi connectivity index (χ0) is 13.9. The van der Waals surface area contributed by atoms with Gasteiger partial charge >= 0.3 is 5.97 Å². The van der Waals surface area contributed by atoms with Crippen molar-refractivity contribution in [1.82, 2.24) is 15.3 Å². The number of aromatic nitrogens is 2. The van der Waals surface area contributed by atoms with Crippen molar-refractivity contribution in [3.8, 4) is 0 Å². The maximum atomic E-state index is 11.6. The summed E-state index contributed by atoms with van der Waals surface area (Å²) >= 11 is 5.47. The molecule has 1 amide bonds. The molecule has 19 heavy (non-hydrogen) atoms. The van der Waals surface area contributed by atoms with Gasteiger partial charge in [0, 0.05) is 6.20 Å². The van der Waals surface area contributed by atoms with Crippen LogP contribution >= 0.6 is 11.6 Å². The third kappa shape index (κ3) is 3.01. The summed E-state index contributed by atoms with van der Waals surface area (Å²) in [6.07, 6.45) is 2.96. The van der Waals surface area contributed by atoms with Crippen LogP contribution in [0.5, 0.6) is 0 Å². The molecule has 1 saturated carbocycles. The first-order chi connectivity index (χ1) is 9.11. The first kappa shape index (κ1) is 13.7. The number of amides is 1. The van der Waals surface area contributed by atoms with Crippen molar-refractivity contribution in [2.45, 2.75) is 25.3 Å². The Labute approximate surface area is 115 Å². The number of nitrogens with zero attached hydrogens (tertiary/aromatic N) is 2. The molecule has 102 valence electrons. The molecule has 0 atom stereocenters. The molecule has 0 spiro atoms. The lowest BCUT2D eigenvalue weighted by molar-refractivity contribution is -0.119. The van der Waals surface area contributed by atoms with Gasteiger partial charge in [-0.2, -0.15) is 0 Å². The van der Waals surface area contributed by atoms with Crippen LogP contribution in [0.15, 0.2) is 12.3 Å². The molecule has 7 heteroatoms. The van der Waals surface area contributed by atoms with Gasteiger partial charge in [-0.05, 0) is 25.8 Å². The fourth-order valence-electron chi connectivity index (χ4n) is 1.74. The maximum Gasteiger partial charge on any atom is 0.357 e. The predicted molar refractivity (Wildman–Crippen MR) is 67.8 cm³/mol. The first-order valence-electron chi connectivity index (χ1n) is 5.99. The molecule has 0 aromatic carbocycles. The third-order valence-corrected chi connectivity index (χ3v) is 3.06. The second-order valence-electron chi connectivity index (χ2n) is 4.25. The lowest BCUT2D eigenvalue weighted by atomic mass is 10.2. The number of alkyl halides is 1. The van der Waals surface area contributed by atoms with Crippen molar-refractivity contribution in [2.24, 2.45) is 0 Å². The van der Waals surface area contributed by atoms with Crippen LogP contribution in [-0.4, -0.2) is 34.3 Å². The summed E-state index contributed by atoms with van der Waals surface area (Å²) in [6, 6.07) is 1.49. The summed E-state index contributed by atoms with van der Waals surface area (Å²) in [5.41, 5.74) is -0.382. The number of nitrogens with one attached hydrogen (secondary N) is 1. The van der Waals surface area contributed by atoms with Crippen LogP contribution < -0.4 is 5.32 Å². The number of halogens is 1. The monoisotopic (exact) mass is 283 g/mol. The van der Waals surface area contributed by atoms with Crippen molar-refractivity contribution in [1.29, 1.82) is 0 Å². The number of hydrogen-bond acceptors (Lipinski definition) is 5. The van der Waals surface area contributed by atoms with Crippen LogP contribution in [0.4, 0.5) is 0 Å². The Morgan fingerprint density at radius 2 is 2.26 bits per heavy atom. The van der Waals surface area contributed by atoms with E-state index in [0.29, 0.717) is 5.82 Å². The second kappa shape index (κ2) is 5.52. The minimum Gasteiger partial charge on any atom is -0.461 e. The third-order valence-electron chi connectivity index (χ3n) is 2.82. The summed E-state index contributed by atoms with van der Waals surface area (Å²) in [5.74, 6) is -0.453. The molecule has 0 bridgehead atoms. The highest BCUT2D eigenvalue weighted by Crippen LogP contribution is 2.43. The van der Waals surface area contributed by atoms with E-state index in [2.05, 4.69) is 15.3 Å². The van der Waals surface area contributed by atoms with Gasteiger partial charge < -0.3 is 10.1 Å². The number of esters is 1. The van der Waals surface area contributed by atoms with Crippen LogP contribution in [0, 0.1) is 0 Å². The van der Waals surface area contributed by atoms with E-state index in [4.69, 9.17) is 16.3 Å². The molecule has 0 aliphatic heterocycles. The second-order valence-corrected chi connectivity index (χ2v) is 4.52. The Kier molecular flexibility index (Phi) is 3.99. The highest BCUT2D eigenvalue weighted by molar-refractivity contribution is 6.27. The van der Waals surface area contributed by atoms with E-state index >= 15 is 0 Å². The molecule has 0 unspecified atom stereocenters. The molecule has 1 aromatic rings. The van der Waals surface area contributed by atoms with Crippen LogP contribution in [0.25, 0.3) is 0 Å². The van der Waals surface area contributed by atoms with Gasteiger partial charge in [-0.15, -0.1) is 11.6 Å². The predicted octanol–water partition coefficient (Wildman–Crippen LogP) is 0.997. The van der Waals surface area contributed by atoms with Gasteiger partial charge in [0.15, 0.2) is 11.5 Å². The Balaban J connectivity index is 2.19. The molecule has 1 fully saturated rings. The Hall–Kier alpha value is -1.69. The van der Waals surface area contributed by atoms with Crippen LogP contribution in [0.1, 0.15) is 36.1 Å². The van der Waals surface area contributed by atoms with Crippen LogP contribution in [0.3, 0.4) is 0 Å². The minimum absolute atomic E-state index is 0.112. The molecule has 0 saturated heterocycles. The van der Waals surface area contributed by atoms with Crippen molar-refractivity contribution in [3.63, 3.8) is 0 Å². The molecule has 1 aromatic heterocycles. The molecule has 1 heterocycles. The van der Waals surface area contributed by atoms with Gasteiger partial charge in [-0.3, -0.25) is 4.79 Å². The normalized spacial score (nSPS) is 15.7. The van der Waals surface area contributed by atoms with Gasteiger partial charge in [-0.25, -0.2) is 14.8 Å². The number of hydrogen-bond donors (Lipinski definition) is 1. The standard InChI is InChI=1S/C12H14ClN3O3/c1-2-19-10(18)8-3-6-14-11(15-8)12(4-5-12)16-9(17)7-13/h3,6H,2,4-5,7H2,1H3,(H,16,17). The molecule has 1 N–H and O–H groups in total. The number of carbonyl (C=O) groups is 2. The van der Waals surface area contributed by atoms with E-state index in [-0.39, 0.29) is 24.1 Å². The van der Waals surface area contributed by atoms with Gasteiger partial charge in [0.25, 0.3) is 0 Å². The summed E-state index contributed by atoms with van der Waals surface area (Å²) in [7, 11) is 0. The Morgan fingerprint density at radius 1 is 1.53 bits per heavy atom. The highest BCUT2D eigenvalue weighted by Gasteiger charge is 2.48. The summed E-state index contributed by atoms with van der Waals surface area (Å²) in [4.78, 5) is 31.3. The fourth-order valence-corrected chi connectivity index (χ4v) is 1.80. The van der Waals surface area contributed by atoms with Gasteiger partial charge in [0.2, 0.25) is 5.91 Å². The summed E-state index contributed by atoms with van der Waals surface area (Å²) in [5, 5.41) is 2.78. The van der Waals surface area contributed by atoms with E-state index in [9.17, 15) is 9.59 Å². The van der Waals surface area contributed by atoms with E-state index in [1.165, 1.54) is 12.3 Å². The average Bonchev–Trinajstić information content (AvgIpc) is 3.20.